The van der Waals surface area contributed by atoms with Crippen molar-refractivity contribution in [2.24, 2.45) is 0 Å². The highest BCUT2D eigenvalue weighted by molar-refractivity contribution is 7.11. The zero-order chi connectivity index (χ0) is 13.7. The molecule has 0 aliphatic carbocycles. The summed E-state index contributed by atoms with van der Waals surface area (Å²) in [5, 5.41) is 14.1. The number of anilines is 1. The van der Waals surface area contributed by atoms with Gasteiger partial charge in [-0.3, -0.25) is 9.59 Å². The van der Waals surface area contributed by atoms with Crippen LogP contribution in [0.4, 0.5) is 5.00 Å². The van der Waals surface area contributed by atoms with Gasteiger partial charge in [-0.15, -0.1) is 0 Å². The Kier molecular flexibility index (Phi) is 4.78. The molecule has 0 bridgehead atoms. The second-order valence-electron chi connectivity index (χ2n) is 3.56. The van der Waals surface area contributed by atoms with Crippen LogP contribution in [-0.2, 0) is 9.59 Å². The van der Waals surface area contributed by atoms with E-state index in [-0.39, 0.29) is 35.3 Å². The van der Waals surface area contributed by atoms with Crippen molar-refractivity contribution < 1.29 is 19.5 Å². The first-order valence-electron chi connectivity index (χ1n) is 5.15. The molecule has 0 spiro atoms. The van der Waals surface area contributed by atoms with Crippen LogP contribution in [0, 0.1) is 6.92 Å². The van der Waals surface area contributed by atoms with E-state index in [9.17, 15) is 14.4 Å². The van der Waals surface area contributed by atoms with Crippen LogP contribution in [0.3, 0.4) is 0 Å². The Morgan fingerprint density at radius 3 is 2.61 bits per heavy atom. The van der Waals surface area contributed by atoms with E-state index in [1.807, 2.05) is 0 Å². The van der Waals surface area contributed by atoms with Gasteiger partial charge in [-0.2, -0.15) is 4.37 Å². The van der Waals surface area contributed by atoms with Crippen molar-refractivity contribution in [3.8, 4) is 0 Å². The van der Waals surface area contributed by atoms with Crippen molar-refractivity contribution >= 4 is 34.3 Å². The Bertz CT molecular complexity index is 483. The molecule has 0 aliphatic rings. The summed E-state index contributed by atoms with van der Waals surface area (Å²) in [5.74, 6) is -1.71. The molecule has 0 radical (unpaired) electrons. The molecule has 1 rings (SSSR count). The number of carboxylic acid groups (broad SMARTS) is 1. The monoisotopic (exact) mass is 271 g/mol. The number of aromatic carboxylic acids is 1. The van der Waals surface area contributed by atoms with Crippen molar-refractivity contribution in [2.75, 3.05) is 11.9 Å². The average molecular weight is 271 g/mol. The largest absolute Gasteiger partial charge is 0.478 e. The van der Waals surface area contributed by atoms with Gasteiger partial charge in [-0.1, -0.05) is 0 Å². The number of amides is 2. The highest BCUT2D eigenvalue weighted by Crippen LogP contribution is 2.24. The van der Waals surface area contributed by atoms with Crippen molar-refractivity contribution in [1.82, 2.24) is 9.69 Å². The van der Waals surface area contributed by atoms with Gasteiger partial charge >= 0.3 is 5.97 Å². The summed E-state index contributed by atoms with van der Waals surface area (Å²) in [7, 11) is 0. The number of carboxylic acids is 1. The zero-order valence-corrected chi connectivity index (χ0v) is 10.8. The number of hydrogen-bond donors (Lipinski definition) is 3. The number of carbonyl (C=O) groups excluding carboxylic acids is 2. The van der Waals surface area contributed by atoms with Crippen molar-refractivity contribution in [2.45, 2.75) is 20.3 Å². The number of aromatic nitrogens is 1. The number of carbonyl (C=O) groups is 3. The van der Waals surface area contributed by atoms with Crippen LogP contribution >= 0.6 is 11.5 Å². The molecule has 18 heavy (non-hydrogen) atoms. The maximum atomic E-state index is 11.5. The fourth-order valence-corrected chi connectivity index (χ4v) is 2.05. The van der Waals surface area contributed by atoms with Gasteiger partial charge in [0, 0.05) is 19.9 Å². The minimum Gasteiger partial charge on any atom is -0.478 e. The normalized spacial score (nSPS) is 9.89. The fourth-order valence-electron chi connectivity index (χ4n) is 1.25. The zero-order valence-electron chi connectivity index (χ0n) is 9.94. The molecule has 0 atom stereocenters. The van der Waals surface area contributed by atoms with Crippen LogP contribution in [0.5, 0.6) is 0 Å². The van der Waals surface area contributed by atoms with Gasteiger partial charge in [0.25, 0.3) is 0 Å². The second kappa shape index (κ2) is 6.10. The smallest absolute Gasteiger partial charge is 0.340 e. The van der Waals surface area contributed by atoms with Crippen LogP contribution < -0.4 is 10.6 Å². The van der Waals surface area contributed by atoms with E-state index >= 15 is 0 Å². The van der Waals surface area contributed by atoms with E-state index in [1.165, 1.54) is 6.92 Å². The lowest BCUT2D eigenvalue weighted by molar-refractivity contribution is -0.119. The maximum absolute atomic E-state index is 11.5. The molecule has 3 N–H and O–H groups in total. The van der Waals surface area contributed by atoms with Crippen molar-refractivity contribution in [1.29, 1.82) is 0 Å². The summed E-state index contributed by atoms with van der Waals surface area (Å²) in [6.45, 7) is 3.13. The molecule has 2 amide bonds. The molecular weight excluding hydrogens is 258 g/mol. The molecule has 0 saturated heterocycles. The number of aryl methyl sites for hydroxylation is 1. The van der Waals surface area contributed by atoms with Crippen molar-refractivity contribution in [3.05, 3.63) is 11.3 Å². The van der Waals surface area contributed by atoms with Crippen LogP contribution in [0.1, 0.15) is 29.4 Å². The van der Waals surface area contributed by atoms with Gasteiger partial charge < -0.3 is 15.7 Å². The Morgan fingerprint density at radius 2 is 2.06 bits per heavy atom. The minimum atomic E-state index is -1.13. The molecule has 1 aromatic rings. The van der Waals surface area contributed by atoms with Crippen LogP contribution in [0.2, 0.25) is 0 Å². The van der Waals surface area contributed by atoms with Gasteiger partial charge in [0.2, 0.25) is 11.8 Å². The van der Waals surface area contributed by atoms with E-state index in [2.05, 4.69) is 15.0 Å². The number of nitrogens with one attached hydrogen (secondary N) is 2. The lowest BCUT2D eigenvalue weighted by atomic mass is 10.2. The molecule has 0 aromatic carbocycles. The summed E-state index contributed by atoms with van der Waals surface area (Å²) in [6.07, 6.45) is 0.0790. The molecule has 0 fully saturated rings. The lowest BCUT2D eigenvalue weighted by Gasteiger charge is -2.04. The standard InChI is InChI=1S/C10H13N3O4S/c1-5-8(10(16)17)9(18-13-5)12-7(15)3-4-11-6(2)14/h3-4H2,1-2H3,(H,11,14)(H,12,15)(H,16,17). The number of hydrogen-bond acceptors (Lipinski definition) is 5. The Labute approximate surface area is 107 Å². The lowest BCUT2D eigenvalue weighted by Crippen LogP contribution is -2.25. The third kappa shape index (κ3) is 3.81. The first kappa shape index (κ1) is 14.1. The molecule has 8 heteroatoms. The highest BCUT2D eigenvalue weighted by atomic mass is 32.1. The Morgan fingerprint density at radius 1 is 1.39 bits per heavy atom. The fraction of sp³-hybridized carbons (Fsp3) is 0.400. The molecular formula is C10H13N3O4S. The first-order chi connectivity index (χ1) is 8.41. The predicted molar refractivity (Wildman–Crippen MR) is 65.7 cm³/mol. The molecule has 1 heterocycles. The van der Waals surface area contributed by atoms with Crippen LogP contribution in [0.25, 0.3) is 0 Å². The quantitative estimate of drug-likeness (QED) is 0.727. The van der Waals surface area contributed by atoms with E-state index < -0.39 is 5.97 Å². The molecule has 0 aliphatic heterocycles. The average Bonchev–Trinajstić information content (AvgIpc) is 2.58. The third-order valence-corrected chi connectivity index (χ3v) is 2.91. The summed E-state index contributed by atoms with van der Waals surface area (Å²) in [4.78, 5) is 33.1. The molecule has 1 aromatic heterocycles. The minimum absolute atomic E-state index is 0.00729. The van der Waals surface area contributed by atoms with E-state index in [4.69, 9.17) is 5.11 Å². The van der Waals surface area contributed by atoms with Gasteiger partial charge in [0.15, 0.2) is 0 Å². The number of nitrogens with zero attached hydrogens (tertiary/aromatic N) is 1. The van der Waals surface area contributed by atoms with Crippen molar-refractivity contribution in [3.63, 3.8) is 0 Å². The van der Waals surface area contributed by atoms with E-state index in [0.29, 0.717) is 5.69 Å². The van der Waals surface area contributed by atoms with E-state index in [0.717, 1.165) is 11.5 Å². The van der Waals surface area contributed by atoms with Gasteiger partial charge in [-0.25, -0.2) is 4.79 Å². The highest BCUT2D eigenvalue weighted by Gasteiger charge is 2.18. The molecule has 98 valence electrons. The summed E-state index contributed by atoms with van der Waals surface area (Å²) >= 11 is 0.922. The number of rotatable bonds is 5. The van der Waals surface area contributed by atoms with Gasteiger partial charge in [-0.05, 0) is 18.5 Å². The molecule has 0 unspecified atom stereocenters. The molecule has 0 saturated carbocycles. The second-order valence-corrected chi connectivity index (χ2v) is 4.33. The third-order valence-electron chi connectivity index (χ3n) is 2.06. The Balaban J connectivity index is 2.59. The summed E-state index contributed by atoms with van der Waals surface area (Å²) < 4.78 is 3.88. The van der Waals surface area contributed by atoms with Crippen LogP contribution in [-0.4, -0.2) is 33.8 Å². The summed E-state index contributed by atoms with van der Waals surface area (Å²) in [5.41, 5.74) is 0.373. The van der Waals surface area contributed by atoms with Gasteiger partial charge in [0.05, 0.1) is 5.69 Å². The predicted octanol–water partition coefficient (Wildman–Crippen LogP) is 0.614. The van der Waals surface area contributed by atoms with Gasteiger partial charge in [0.1, 0.15) is 10.6 Å². The SMILES string of the molecule is CC(=O)NCCC(=O)Nc1snc(C)c1C(=O)O. The molecule has 7 nitrogen and oxygen atoms in total. The van der Waals surface area contributed by atoms with E-state index in [1.54, 1.807) is 6.92 Å². The van der Waals surface area contributed by atoms with Crippen LogP contribution in [0.15, 0.2) is 0 Å². The topological polar surface area (TPSA) is 108 Å². The maximum Gasteiger partial charge on any atom is 0.340 e. The first-order valence-corrected chi connectivity index (χ1v) is 5.93. The summed E-state index contributed by atoms with van der Waals surface area (Å²) in [6, 6.07) is 0. The Hall–Kier alpha value is -1.96.